The summed E-state index contributed by atoms with van der Waals surface area (Å²) in [7, 11) is 0. The van der Waals surface area contributed by atoms with Gasteiger partial charge in [0.25, 0.3) is 0 Å². The minimum atomic E-state index is -0.701. The Labute approximate surface area is 56.2 Å². The monoisotopic (exact) mass is 119 g/mol. The highest BCUT2D eigenvalue weighted by Crippen LogP contribution is 1.78. The molecule has 0 amide bonds. The van der Waals surface area contributed by atoms with Crippen LogP contribution >= 0.6 is 0 Å². The zero-order valence-electron chi connectivity index (χ0n) is 6.83. The van der Waals surface area contributed by atoms with Crippen molar-refractivity contribution in [2.45, 2.75) is 0 Å². The predicted molar refractivity (Wildman–Crippen MR) is 36.6 cm³/mol. The molecule has 0 saturated carbocycles. The lowest BCUT2D eigenvalue weighted by molar-refractivity contribution is 1.22. The molecule has 1 atom stereocenters. The normalized spacial score (nSPS) is 26.2. The van der Waals surface area contributed by atoms with Crippen LogP contribution in [0.15, 0.2) is 29.3 Å². The van der Waals surface area contributed by atoms with E-state index in [4.69, 9.17) is 2.74 Å². The number of hydrogen-bond acceptors (Lipinski definition) is 1. The highest BCUT2D eigenvalue weighted by Gasteiger charge is 1.88. The summed E-state index contributed by atoms with van der Waals surface area (Å²) in [5.41, 5.74) is 0. The van der Waals surface area contributed by atoms with Crippen molar-refractivity contribution >= 4 is 6.05 Å². The molecule has 2 rings (SSSR count). The van der Waals surface area contributed by atoms with E-state index in [0.29, 0.717) is 6.05 Å². The molecule has 1 aliphatic rings. The maximum absolute atomic E-state index is 7.46. The fourth-order valence-corrected chi connectivity index (χ4v) is 0.880. The van der Waals surface area contributed by atoms with E-state index in [9.17, 15) is 0 Å². The Morgan fingerprint density at radius 2 is 2.44 bits per heavy atom. The number of hydrogen-bond donors (Lipinski definition) is 0. The van der Waals surface area contributed by atoms with Gasteiger partial charge in [-0.05, 0) is 11.3 Å². The van der Waals surface area contributed by atoms with Crippen LogP contribution in [0.3, 0.4) is 0 Å². The molecular weight excluding hydrogens is 110 g/mol. The lowest BCUT2D eigenvalue weighted by Crippen LogP contribution is -2.19. The summed E-state index contributed by atoms with van der Waals surface area (Å²) in [6.45, 7) is -0.701. The highest BCUT2D eigenvalue weighted by molar-refractivity contribution is 5.28. The Morgan fingerprint density at radius 1 is 1.56 bits per heavy atom. The van der Waals surface area contributed by atoms with Gasteiger partial charge in [-0.15, -0.1) is 0 Å². The van der Waals surface area contributed by atoms with Crippen LogP contribution in [0.4, 0.5) is 0 Å². The van der Waals surface area contributed by atoms with Gasteiger partial charge in [0.1, 0.15) is 0 Å². The molecule has 0 aliphatic carbocycles. The lowest BCUT2D eigenvalue weighted by Gasteiger charge is -1.77. The third-order valence-corrected chi connectivity index (χ3v) is 1.33. The molecule has 1 unspecified atom stereocenters. The van der Waals surface area contributed by atoms with Crippen LogP contribution in [0.2, 0.25) is 0 Å². The minimum absolute atomic E-state index is 0.306. The Morgan fingerprint density at radius 3 is 3.33 bits per heavy atom. The van der Waals surface area contributed by atoms with Crippen molar-refractivity contribution in [3.05, 3.63) is 34.8 Å². The van der Waals surface area contributed by atoms with E-state index in [1.807, 2.05) is 24.3 Å². The van der Waals surface area contributed by atoms with E-state index in [1.54, 1.807) is 0 Å². The molecule has 1 aliphatic heterocycles. The standard InChI is InChI=1S/C8H7N/c1-2-4-8-7(3-1)5-6-9-8/h1-5H,6H2/i5D,6D. The summed E-state index contributed by atoms with van der Waals surface area (Å²) in [5.74, 6) is 0. The van der Waals surface area contributed by atoms with Crippen molar-refractivity contribution in [3.63, 3.8) is 0 Å². The van der Waals surface area contributed by atoms with Gasteiger partial charge in [0.05, 0.1) is 14.6 Å². The molecule has 0 saturated heterocycles. The molecular formula is C8H7N. The van der Waals surface area contributed by atoms with Crippen LogP contribution in [0.25, 0.3) is 6.05 Å². The summed E-state index contributed by atoms with van der Waals surface area (Å²) >= 11 is 0. The molecule has 0 fully saturated rings. The average molecular weight is 119 g/mol. The second kappa shape index (κ2) is 1.69. The lowest BCUT2D eigenvalue weighted by atomic mass is 10.3. The first-order valence-corrected chi connectivity index (χ1v) is 2.85. The first kappa shape index (κ1) is 3.16. The maximum atomic E-state index is 7.46. The Hall–Kier alpha value is -1.11. The van der Waals surface area contributed by atoms with Crippen LogP contribution in [-0.2, 0) is 0 Å². The minimum Gasteiger partial charge on any atom is -0.281 e. The largest absolute Gasteiger partial charge is 0.281 e. The summed E-state index contributed by atoms with van der Waals surface area (Å²) in [5, 5.41) is 1.57. The fraction of sp³-hybridized carbons (Fsp3) is 0.125. The number of rotatable bonds is 0. The molecule has 1 nitrogen and oxygen atoms in total. The van der Waals surface area contributed by atoms with Gasteiger partial charge in [-0.2, -0.15) is 0 Å². The zero-order chi connectivity index (χ0) is 7.84. The van der Waals surface area contributed by atoms with Gasteiger partial charge in [0.2, 0.25) is 0 Å². The van der Waals surface area contributed by atoms with Crippen molar-refractivity contribution in [2.24, 2.45) is 4.99 Å². The Balaban J connectivity index is 2.89. The van der Waals surface area contributed by atoms with Crippen molar-refractivity contribution in [1.82, 2.24) is 0 Å². The molecule has 1 aromatic rings. The quantitative estimate of drug-likeness (QED) is 0.459. The van der Waals surface area contributed by atoms with Gasteiger partial charge in [0, 0.05) is 0 Å². The van der Waals surface area contributed by atoms with Crippen LogP contribution < -0.4 is 10.6 Å². The Kier molecular flexibility index (Phi) is 0.593. The van der Waals surface area contributed by atoms with E-state index in [0.717, 1.165) is 10.6 Å². The van der Waals surface area contributed by atoms with E-state index in [1.165, 1.54) is 0 Å². The van der Waals surface area contributed by atoms with Crippen molar-refractivity contribution in [3.8, 4) is 0 Å². The van der Waals surface area contributed by atoms with Crippen LogP contribution in [-0.4, -0.2) is 6.52 Å². The van der Waals surface area contributed by atoms with Gasteiger partial charge < -0.3 is 0 Å². The summed E-state index contributed by atoms with van der Waals surface area (Å²) in [6, 6.07) is 7.70. The number of nitrogens with zero attached hydrogens (tertiary/aromatic N) is 1. The van der Waals surface area contributed by atoms with Gasteiger partial charge in [-0.3, -0.25) is 4.99 Å². The molecule has 1 heterocycles. The zero-order valence-corrected chi connectivity index (χ0v) is 4.83. The summed E-state index contributed by atoms with van der Waals surface area (Å²) in [4.78, 5) is 3.98. The second-order valence-corrected chi connectivity index (χ2v) is 1.92. The van der Waals surface area contributed by atoms with E-state index >= 15 is 0 Å². The van der Waals surface area contributed by atoms with E-state index in [-0.39, 0.29) is 0 Å². The maximum Gasteiger partial charge on any atom is 0.0647 e. The topological polar surface area (TPSA) is 12.4 Å². The van der Waals surface area contributed by atoms with Crippen LogP contribution in [0, 0.1) is 0 Å². The molecule has 1 aromatic carbocycles. The highest BCUT2D eigenvalue weighted by atomic mass is 14.7. The fourth-order valence-electron chi connectivity index (χ4n) is 0.880. The molecule has 1 heteroatoms. The average Bonchev–Trinajstić information content (AvgIpc) is 2.30. The molecule has 44 valence electrons. The van der Waals surface area contributed by atoms with Crippen molar-refractivity contribution < 1.29 is 2.74 Å². The van der Waals surface area contributed by atoms with Gasteiger partial charge >= 0.3 is 0 Å². The van der Waals surface area contributed by atoms with Gasteiger partial charge in [-0.25, -0.2) is 0 Å². The van der Waals surface area contributed by atoms with E-state index < -0.39 is 6.52 Å². The Bertz CT molecular complexity index is 397. The number of para-hydroxylation sites is 1. The van der Waals surface area contributed by atoms with Gasteiger partial charge in [-0.1, -0.05) is 24.3 Å². The summed E-state index contributed by atoms with van der Waals surface area (Å²) in [6.07, 6.45) is 0. The van der Waals surface area contributed by atoms with Gasteiger partial charge in [0.15, 0.2) is 0 Å². The molecule has 0 radical (unpaired) electrons. The predicted octanol–water partition coefficient (Wildman–Crippen LogP) is 0.100. The third-order valence-electron chi connectivity index (χ3n) is 1.33. The van der Waals surface area contributed by atoms with E-state index in [2.05, 4.69) is 4.99 Å². The number of benzene rings is 1. The first-order valence-electron chi connectivity index (χ1n) is 3.93. The molecule has 9 heavy (non-hydrogen) atoms. The summed E-state index contributed by atoms with van der Waals surface area (Å²) < 4.78 is 14.8. The number of fused-ring (bicyclic) bond motifs is 1. The molecule has 0 aromatic heterocycles. The third kappa shape index (κ3) is 0.653. The smallest absolute Gasteiger partial charge is 0.0647 e. The SMILES string of the molecule is [2H]C1=c2ccccc2=NC1[2H]. The van der Waals surface area contributed by atoms with Crippen molar-refractivity contribution in [1.29, 1.82) is 0 Å². The first-order chi connectivity index (χ1) is 5.29. The van der Waals surface area contributed by atoms with Crippen LogP contribution in [0.5, 0.6) is 0 Å². The molecule has 0 bridgehead atoms. The molecule has 0 N–H and O–H groups in total. The van der Waals surface area contributed by atoms with Crippen LogP contribution in [0.1, 0.15) is 2.74 Å². The second-order valence-electron chi connectivity index (χ2n) is 1.92. The molecule has 0 spiro atoms. The van der Waals surface area contributed by atoms with Crippen molar-refractivity contribution in [2.75, 3.05) is 6.52 Å².